The van der Waals surface area contributed by atoms with Crippen LogP contribution in [0.25, 0.3) is 0 Å². The summed E-state index contributed by atoms with van der Waals surface area (Å²) in [6, 6.07) is 0. The van der Waals surface area contributed by atoms with Gasteiger partial charge in [0.1, 0.15) is 12.7 Å². The highest BCUT2D eigenvalue weighted by Gasteiger charge is 2.35. The number of methoxy groups -OCH3 is 1. The Morgan fingerprint density at radius 3 is 3.15 bits per heavy atom. The van der Waals surface area contributed by atoms with Gasteiger partial charge in [0.2, 0.25) is 0 Å². The molecule has 0 radical (unpaired) electrons. The van der Waals surface area contributed by atoms with Crippen LogP contribution in [0.3, 0.4) is 0 Å². The fraction of sp³-hybridized carbons (Fsp3) is 0.625. The van der Waals surface area contributed by atoms with Gasteiger partial charge in [-0.15, -0.1) is 0 Å². The van der Waals surface area contributed by atoms with Gasteiger partial charge < -0.3 is 18.9 Å². The maximum Gasteiger partial charge on any atom is 0.509 e. The van der Waals surface area contributed by atoms with Gasteiger partial charge in [0.05, 0.1) is 0 Å². The normalized spacial score (nSPS) is 37.6. The molecule has 13 heavy (non-hydrogen) atoms. The summed E-state index contributed by atoms with van der Waals surface area (Å²) >= 11 is 0. The van der Waals surface area contributed by atoms with Gasteiger partial charge in [0, 0.05) is 7.11 Å². The predicted molar refractivity (Wildman–Crippen MR) is 41.0 cm³/mol. The van der Waals surface area contributed by atoms with Gasteiger partial charge in [-0.2, -0.15) is 0 Å². The number of fused-ring (bicyclic) bond motifs is 1. The number of rotatable bonds is 1. The van der Waals surface area contributed by atoms with E-state index < -0.39 is 6.16 Å². The molecule has 0 bridgehead atoms. The second kappa shape index (κ2) is 3.35. The van der Waals surface area contributed by atoms with Crippen molar-refractivity contribution in [3.05, 3.63) is 12.2 Å². The van der Waals surface area contributed by atoms with Crippen LogP contribution in [0.15, 0.2) is 12.2 Å². The highest BCUT2D eigenvalue weighted by atomic mass is 16.8. The smallest absolute Gasteiger partial charge is 0.431 e. The van der Waals surface area contributed by atoms with E-state index in [2.05, 4.69) is 4.74 Å². The molecule has 1 unspecified atom stereocenters. The van der Waals surface area contributed by atoms with Crippen molar-refractivity contribution >= 4 is 6.16 Å². The van der Waals surface area contributed by atoms with Gasteiger partial charge >= 0.3 is 6.16 Å². The lowest BCUT2D eigenvalue weighted by molar-refractivity contribution is -0.190. The summed E-state index contributed by atoms with van der Waals surface area (Å²) in [4.78, 5) is 10.7. The van der Waals surface area contributed by atoms with Crippen LogP contribution in [-0.2, 0) is 18.9 Å². The van der Waals surface area contributed by atoms with E-state index in [0.29, 0.717) is 0 Å². The third-order valence-corrected chi connectivity index (χ3v) is 1.96. The molecular weight excluding hydrogens is 176 g/mol. The number of carbonyl (C=O) groups is 1. The first-order chi connectivity index (χ1) is 6.29. The lowest BCUT2D eigenvalue weighted by atomic mass is 10.1. The summed E-state index contributed by atoms with van der Waals surface area (Å²) in [5.74, 6) is 0. The van der Waals surface area contributed by atoms with Gasteiger partial charge in [0.25, 0.3) is 0 Å². The summed E-state index contributed by atoms with van der Waals surface area (Å²) in [7, 11) is 1.55. The molecular formula is C8H10O5. The zero-order valence-electron chi connectivity index (χ0n) is 7.14. The fourth-order valence-corrected chi connectivity index (χ4v) is 1.30. The number of carbonyl (C=O) groups excluding carboxylic acids is 1. The minimum absolute atomic E-state index is 0.216. The van der Waals surface area contributed by atoms with Crippen LogP contribution >= 0.6 is 0 Å². The second-order valence-electron chi connectivity index (χ2n) is 2.81. The van der Waals surface area contributed by atoms with E-state index >= 15 is 0 Å². The average Bonchev–Trinajstić information content (AvgIpc) is 2.17. The Kier molecular flexibility index (Phi) is 2.20. The van der Waals surface area contributed by atoms with Crippen molar-refractivity contribution < 1.29 is 23.7 Å². The molecule has 0 spiro atoms. The highest BCUT2D eigenvalue weighted by Crippen LogP contribution is 2.20. The van der Waals surface area contributed by atoms with Crippen molar-refractivity contribution in [3.63, 3.8) is 0 Å². The van der Waals surface area contributed by atoms with E-state index in [0.717, 1.165) is 0 Å². The molecule has 2 aliphatic rings. The van der Waals surface area contributed by atoms with Crippen molar-refractivity contribution in [1.82, 2.24) is 0 Å². The summed E-state index contributed by atoms with van der Waals surface area (Å²) < 4.78 is 19.9. The van der Waals surface area contributed by atoms with E-state index in [4.69, 9.17) is 14.2 Å². The van der Waals surface area contributed by atoms with Gasteiger partial charge in [-0.1, -0.05) is 0 Å². The van der Waals surface area contributed by atoms with E-state index in [1.54, 1.807) is 19.3 Å². The third-order valence-electron chi connectivity index (χ3n) is 1.96. The Labute approximate surface area is 75.2 Å². The van der Waals surface area contributed by atoms with Gasteiger partial charge in [-0.3, -0.25) is 0 Å². The Morgan fingerprint density at radius 1 is 1.54 bits per heavy atom. The fourth-order valence-electron chi connectivity index (χ4n) is 1.30. The van der Waals surface area contributed by atoms with Crippen LogP contribution < -0.4 is 0 Å². The zero-order chi connectivity index (χ0) is 9.26. The summed E-state index contributed by atoms with van der Waals surface area (Å²) in [5.41, 5.74) is 0. The lowest BCUT2D eigenvalue weighted by Gasteiger charge is -2.33. The summed E-state index contributed by atoms with van der Waals surface area (Å²) in [6.07, 6.45) is 1.84. The molecule has 5 nitrogen and oxygen atoms in total. The molecule has 1 fully saturated rings. The minimum Gasteiger partial charge on any atom is -0.431 e. The maximum atomic E-state index is 10.7. The molecule has 0 saturated carbocycles. The first kappa shape index (κ1) is 8.52. The molecule has 72 valence electrons. The van der Waals surface area contributed by atoms with Crippen LogP contribution in [0.1, 0.15) is 0 Å². The van der Waals surface area contributed by atoms with Crippen molar-refractivity contribution in [2.24, 2.45) is 0 Å². The Bertz CT molecular complexity index is 237. The number of ether oxygens (including phenoxy) is 4. The average molecular weight is 186 g/mol. The Hall–Kier alpha value is -1.07. The molecule has 2 rings (SSSR count). The number of hydrogen-bond acceptors (Lipinski definition) is 5. The van der Waals surface area contributed by atoms with Crippen LogP contribution in [0.5, 0.6) is 0 Å². The van der Waals surface area contributed by atoms with Crippen molar-refractivity contribution in [3.8, 4) is 0 Å². The zero-order valence-corrected chi connectivity index (χ0v) is 7.14. The van der Waals surface area contributed by atoms with Crippen LogP contribution in [0, 0.1) is 0 Å². The molecule has 0 aromatic rings. The van der Waals surface area contributed by atoms with Crippen LogP contribution in [0.4, 0.5) is 4.79 Å². The highest BCUT2D eigenvalue weighted by molar-refractivity contribution is 5.61. The Morgan fingerprint density at radius 2 is 2.38 bits per heavy atom. The Balaban J connectivity index is 2.04. The maximum absolute atomic E-state index is 10.7. The van der Waals surface area contributed by atoms with Crippen molar-refractivity contribution in [2.75, 3.05) is 13.7 Å². The van der Waals surface area contributed by atoms with Gasteiger partial charge in [-0.05, 0) is 12.2 Å². The van der Waals surface area contributed by atoms with Crippen LogP contribution in [0.2, 0.25) is 0 Å². The first-order valence-corrected chi connectivity index (χ1v) is 3.99. The largest absolute Gasteiger partial charge is 0.509 e. The second-order valence-corrected chi connectivity index (χ2v) is 2.81. The van der Waals surface area contributed by atoms with Crippen molar-refractivity contribution in [2.45, 2.75) is 18.5 Å². The SMILES string of the molecule is COC1C=C[C@@H]2OC(=O)OC[C@H]2O1. The van der Waals surface area contributed by atoms with E-state index in [-0.39, 0.29) is 25.1 Å². The molecule has 0 amide bonds. The standard InChI is InChI=1S/C8H10O5/c1-10-7-3-2-5-6(12-7)4-11-8(9)13-5/h2-3,5-7H,4H2,1H3/t5-,6+,7?/m0/s1. The van der Waals surface area contributed by atoms with E-state index in [9.17, 15) is 4.79 Å². The van der Waals surface area contributed by atoms with E-state index in [1.165, 1.54) is 0 Å². The molecule has 0 N–H and O–H groups in total. The number of hydrogen-bond donors (Lipinski definition) is 0. The molecule has 0 aliphatic carbocycles. The molecule has 1 saturated heterocycles. The predicted octanol–water partition coefficient (Wildman–Crippen LogP) is 0.449. The molecule has 0 aromatic carbocycles. The number of cyclic esters (lactones) is 1. The summed E-state index contributed by atoms with van der Waals surface area (Å²) in [5, 5.41) is 0. The van der Waals surface area contributed by atoms with E-state index in [1.807, 2.05) is 0 Å². The van der Waals surface area contributed by atoms with Crippen LogP contribution in [-0.4, -0.2) is 38.4 Å². The summed E-state index contributed by atoms with van der Waals surface area (Å²) in [6.45, 7) is 0.216. The molecule has 0 aromatic heterocycles. The monoisotopic (exact) mass is 186 g/mol. The quantitative estimate of drug-likeness (QED) is 0.439. The minimum atomic E-state index is -0.648. The molecule has 2 aliphatic heterocycles. The third kappa shape index (κ3) is 1.66. The molecule has 5 heteroatoms. The topological polar surface area (TPSA) is 54.0 Å². The van der Waals surface area contributed by atoms with Gasteiger partial charge in [0.15, 0.2) is 12.4 Å². The lowest BCUT2D eigenvalue weighted by Crippen LogP contribution is -2.46. The van der Waals surface area contributed by atoms with Gasteiger partial charge in [-0.25, -0.2) is 4.79 Å². The molecule has 2 heterocycles. The molecule has 3 atom stereocenters. The first-order valence-electron chi connectivity index (χ1n) is 3.99. The van der Waals surface area contributed by atoms with Crippen molar-refractivity contribution in [1.29, 1.82) is 0 Å².